The van der Waals surface area contributed by atoms with Gasteiger partial charge in [-0.05, 0) is 42.7 Å². The molecule has 4 heteroatoms. The summed E-state index contributed by atoms with van der Waals surface area (Å²) in [5.41, 5.74) is 1.37. The molecule has 0 aliphatic heterocycles. The zero-order valence-corrected chi connectivity index (χ0v) is 13.5. The maximum atomic E-state index is 11.5. The van der Waals surface area contributed by atoms with E-state index in [2.05, 4.69) is 37.1 Å². The minimum atomic E-state index is -0.0684. The molecule has 1 aromatic rings. The minimum absolute atomic E-state index is 0.0684. The first-order chi connectivity index (χ1) is 9.90. The molecular formula is C17H26N2O2. The summed E-state index contributed by atoms with van der Waals surface area (Å²) in [6.45, 7) is 6.56. The van der Waals surface area contributed by atoms with E-state index in [0.29, 0.717) is 6.04 Å². The SMILES string of the molecule is COC(=O)C1CCC(Nc2ccc(C(C)(C)C)cn2)CC1. The number of hydrogen-bond donors (Lipinski definition) is 1. The summed E-state index contributed by atoms with van der Waals surface area (Å²) in [7, 11) is 1.47. The monoisotopic (exact) mass is 290 g/mol. The van der Waals surface area contributed by atoms with Gasteiger partial charge in [-0.1, -0.05) is 26.8 Å². The van der Waals surface area contributed by atoms with Crippen LogP contribution in [-0.4, -0.2) is 24.1 Å². The lowest BCUT2D eigenvalue weighted by atomic mass is 9.86. The molecule has 1 aliphatic rings. The molecule has 0 saturated heterocycles. The molecule has 1 aliphatic carbocycles. The van der Waals surface area contributed by atoms with Crippen molar-refractivity contribution in [2.75, 3.05) is 12.4 Å². The van der Waals surface area contributed by atoms with Crippen molar-refractivity contribution in [1.82, 2.24) is 4.98 Å². The van der Waals surface area contributed by atoms with E-state index in [1.54, 1.807) is 0 Å². The van der Waals surface area contributed by atoms with Gasteiger partial charge in [0.2, 0.25) is 0 Å². The van der Waals surface area contributed by atoms with Gasteiger partial charge in [-0.25, -0.2) is 4.98 Å². The average molecular weight is 290 g/mol. The molecule has 116 valence electrons. The van der Waals surface area contributed by atoms with Gasteiger partial charge in [0.15, 0.2) is 0 Å². The highest BCUT2D eigenvalue weighted by Crippen LogP contribution is 2.27. The van der Waals surface area contributed by atoms with Crippen LogP contribution in [0.3, 0.4) is 0 Å². The van der Waals surface area contributed by atoms with Gasteiger partial charge in [0, 0.05) is 12.2 Å². The largest absolute Gasteiger partial charge is 0.469 e. The molecule has 1 fully saturated rings. The Morgan fingerprint density at radius 1 is 1.24 bits per heavy atom. The summed E-state index contributed by atoms with van der Waals surface area (Å²) in [6, 6.07) is 4.58. The van der Waals surface area contributed by atoms with Crippen LogP contribution in [0, 0.1) is 5.92 Å². The Morgan fingerprint density at radius 2 is 1.90 bits per heavy atom. The van der Waals surface area contributed by atoms with Gasteiger partial charge in [-0.3, -0.25) is 4.79 Å². The number of carbonyl (C=O) groups excluding carboxylic acids is 1. The van der Waals surface area contributed by atoms with Gasteiger partial charge in [0.1, 0.15) is 5.82 Å². The van der Waals surface area contributed by atoms with Crippen LogP contribution >= 0.6 is 0 Å². The molecule has 21 heavy (non-hydrogen) atoms. The molecule has 0 bridgehead atoms. The van der Waals surface area contributed by atoms with Crippen molar-refractivity contribution in [2.45, 2.75) is 57.9 Å². The van der Waals surface area contributed by atoms with Crippen LogP contribution in [0.15, 0.2) is 18.3 Å². The van der Waals surface area contributed by atoms with Gasteiger partial charge < -0.3 is 10.1 Å². The van der Waals surface area contributed by atoms with Gasteiger partial charge in [0.05, 0.1) is 13.0 Å². The van der Waals surface area contributed by atoms with Gasteiger partial charge in [0.25, 0.3) is 0 Å². The van der Waals surface area contributed by atoms with Crippen LogP contribution in [0.5, 0.6) is 0 Å². The second kappa shape index (κ2) is 6.46. The number of nitrogens with one attached hydrogen (secondary N) is 1. The Kier molecular flexibility index (Phi) is 4.86. The molecule has 0 radical (unpaired) electrons. The van der Waals surface area contributed by atoms with Crippen molar-refractivity contribution in [3.63, 3.8) is 0 Å². The van der Waals surface area contributed by atoms with E-state index < -0.39 is 0 Å². The molecule has 2 rings (SSSR count). The number of anilines is 1. The van der Waals surface area contributed by atoms with E-state index in [9.17, 15) is 4.79 Å². The lowest BCUT2D eigenvalue weighted by molar-refractivity contribution is -0.146. The van der Waals surface area contributed by atoms with E-state index in [1.807, 2.05) is 12.3 Å². The standard InChI is InChI=1S/C17H26N2O2/c1-17(2,3)13-7-10-15(18-11-13)19-14-8-5-12(6-9-14)16(20)21-4/h7,10-12,14H,5-6,8-9H2,1-4H3,(H,18,19). The van der Waals surface area contributed by atoms with E-state index in [1.165, 1.54) is 12.7 Å². The summed E-state index contributed by atoms with van der Waals surface area (Å²) in [5.74, 6) is 0.926. The van der Waals surface area contributed by atoms with Crippen LogP contribution in [0.2, 0.25) is 0 Å². The quantitative estimate of drug-likeness (QED) is 0.865. The zero-order valence-electron chi connectivity index (χ0n) is 13.5. The van der Waals surface area contributed by atoms with Crippen molar-refractivity contribution in [3.8, 4) is 0 Å². The van der Waals surface area contributed by atoms with Crippen molar-refractivity contribution in [3.05, 3.63) is 23.9 Å². The zero-order chi connectivity index (χ0) is 15.5. The fourth-order valence-corrected chi connectivity index (χ4v) is 2.77. The van der Waals surface area contributed by atoms with Crippen molar-refractivity contribution in [2.24, 2.45) is 5.92 Å². The lowest BCUT2D eigenvalue weighted by Crippen LogP contribution is -2.30. The molecule has 0 aromatic carbocycles. The number of esters is 1. The smallest absolute Gasteiger partial charge is 0.308 e. The molecule has 0 amide bonds. The first-order valence-corrected chi connectivity index (χ1v) is 7.71. The number of pyridine rings is 1. The van der Waals surface area contributed by atoms with E-state index >= 15 is 0 Å². The molecule has 1 aromatic heterocycles. The van der Waals surface area contributed by atoms with E-state index in [-0.39, 0.29) is 17.3 Å². The van der Waals surface area contributed by atoms with Crippen LogP contribution < -0.4 is 5.32 Å². The lowest BCUT2D eigenvalue weighted by Gasteiger charge is -2.28. The molecule has 1 heterocycles. The molecule has 1 N–H and O–H groups in total. The molecule has 1 saturated carbocycles. The number of ether oxygens (including phenoxy) is 1. The van der Waals surface area contributed by atoms with Crippen LogP contribution in [-0.2, 0) is 14.9 Å². The molecular weight excluding hydrogens is 264 g/mol. The molecule has 0 atom stereocenters. The summed E-state index contributed by atoms with van der Waals surface area (Å²) in [4.78, 5) is 16.0. The van der Waals surface area contributed by atoms with E-state index in [4.69, 9.17) is 4.74 Å². The Morgan fingerprint density at radius 3 is 2.38 bits per heavy atom. The number of rotatable bonds is 3. The van der Waals surface area contributed by atoms with Crippen molar-refractivity contribution < 1.29 is 9.53 Å². The van der Waals surface area contributed by atoms with Crippen molar-refractivity contribution >= 4 is 11.8 Å². The maximum absolute atomic E-state index is 11.5. The number of carbonyl (C=O) groups is 1. The maximum Gasteiger partial charge on any atom is 0.308 e. The fraction of sp³-hybridized carbons (Fsp3) is 0.647. The third-order valence-corrected chi connectivity index (χ3v) is 4.24. The Balaban J connectivity index is 1.88. The Hall–Kier alpha value is -1.58. The van der Waals surface area contributed by atoms with Crippen LogP contribution in [0.4, 0.5) is 5.82 Å². The van der Waals surface area contributed by atoms with Crippen LogP contribution in [0.1, 0.15) is 52.0 Å². The topological polar surface area (TPSA) is 51.2 Å². The highest BCUT2D eigenvalue weighted by atomic mass is 16.5. The number of methoxy groups -OCH3 is 1. The van der Waals surface area contributed by atoms with Gasteiger partial charge in [-0.15, -0.1) is 0 Å². The normalized spacial score (nSPS) is 22.7. The third-order valence-electron chi connectivity index (χ3n) is 4.24. The molecule has 4 nitrogen and oxygen atoms in total. The van der Waals surface area contributed by atoms with E-state index in [0.717, 1.165) is 31.5 Å². The number of hydrogen-bond acceptors (Lipinski definition) is 4. The minimum Gasteiger partial charge on any atom is -0.469 e. The fourth-order valence-electron chi connectivity index (χ4n) is 2.77. The summed E-state index contributed by atoms with van der Waals surface area (Å²) in [5, 5.41) is 3.47. The molecule has 0 unspecified atom stereocenters. The first kappa shape index (κ1) is 15.8. The Labute approximate surface area is 127 Å². The highest BCUT2D eigenvalue weighted by molar-refractivity contribution is 5.72. The first-order valence-electron chi connectivity index (χ1n) is 7.71. The summed E-state index contributed by atoms with van der Waals surface area (Å²) < 4.78 is 4.82. The van der Waals surface area contributed by atoms with Crippen LogP contribution in [0.25, 0.3) is 0 Å². The molecule has 0 spiro atoms. The predicted octanol–water partition coefficient (Wildman–Crippen LogP) is 3.52. The van der Waals surface area contributed by atoms with Crippen molar-refractivity contribution in [1.29, 1.82) is 0 Å². The Bertz CT molecular complexity index is 469. The van der Waals surface area contributed by atoms with Gasteiger partial charge >= 0.3 is 5.97 Å². The number of nitrogens with zero attached hydrogens (tertiary/aromatic N) is 1. The predicted molar refractivity (Wildman–Crippen MR) is 84.3 cm³/mol. The summed E-state index contributed by atoms with van der Waals surface area (Å²) >= 11 is 0. The highest BCUT2D eigenvalue weighted by Gasteiger charge is 2.27. The summed E-state index contributed by atoms with van der Waals surface area (Å²) in [6.07, 6.45) is 5.71. The average Bonchev–Trinajstić information content (AvgIpc) is 2.47. The number of aromatic nitrogens is 1. The van der Waals surface area contributed by atoms with Gasteiger partial charge in [-0.2, -0.15) is 0 Å². The third kappa shape index (κ3) is 4.19. The second-order valence-corrected chi connectivity index (χ2v) is 6.90. The second-order valence-electron chi connectivity index (χ2n) is 6.90.